The Bertz CT molecular complexity index is 1190. The quantitative estimate of drug-likeness (QED) is 0.292. The zero-order valence-electron chi connectivity index (χ0n) is 15.3. The first-order valence-electron chi connectivity index (χ1n) is 8.55. The maximum absolute atomic E-state index is 10.7. The highest BCUT2D eigenvalue weighted by molar-refractivity contribution is 6.00. The predicted molar refractivity (Wildman–Crippen MR) is 108 cm³/mol. The molecule has 8 nitrogen and oxygen atoms in total. The standard InChI is InChI=1S/2C11H8O4/c2*12-9-3-1-2-6-4-8(11(14)15)10(13)5-7(6)9/h2*1-5,12-13H,(H,14,15). The molecule has 0 aliphatic heterocycles. The lowest BCUT2D eigenvalue weighted by molar-refractivity contribution is 0.0682. The number of benzene rings is 4. The molecule has 0 radical (unpaired) electrons. The van der Waals surface area contributed by atoms with E-state index in [1.807, 2.05) is 0 Å². The van der Waals surface area contributed by atoms with Crippen LogP contribution in [0.15, 0.2) is 60.7 Å². The first kappa shape index (κ1) is 20.3. The van der Waals surface area contributed by atoms with Crippen molar-refractivity contribution in [2.24, 2.45) is 0 Å². The highest BCUT2D eigenvalue weighted by Gasteiger charge is 2.13. The summed E-state index contributed by atoms with van der Waals surface area (Å²) in [5.74, 6) is -3.07. The highest BCUT2D eigenvalue weighted by Crippen LogP contribution is 2.31. The van der Waals surface area contributed by atoms with E-state index in [0.717, 1.165) is 0 Å². The van der Waals surface area contributed by atoms with Crippen molar-refractivity contribution in [3.05, 3.63) is 71.8 Å². The molecule has 4 rings (SSSR count). The topological polar surface area (TPSA) is 156 Å². The molecule has 30 heavy (non-hydrogen) atoms. The molecular formula is C22H16O8. The number of phenolic OH excluding ortho intramolecular Hbond substituents is 2. The van der Waals surface area contributed by atoms with Gasteiger partial charge in [0.1, 0.15) is 34.1 Å². The summed E-state index contributed by atoms with van der Waals surface area (Å²) in [6, 6.07) is 14.6. The number of fused-ring (bicyclic) bond motifs is 2. The van der Waals surface area contributed by atoms with Crippen molar-refractivity contribution in [1.82, 2.24) is 0 Å². The summed E-state index contributed by atoms with van der Waals surface area (Å²) in [4.78, 5) is 21.5. The second kappa shape index (κ2) is 7.88. The number of aromatic carboxylic acids is 2. The number of carbonyl (C=O) groups is 2. The van der Waals surface area contributed by atoms with E-state index in [4.69, 9.17) is 10.2 Å². The van der Waals surface area contributed by atoms with Crippen LogP contribution >= 0.6 is 0 Å². The third-order valence-corrected chi connectivity index (χ3v) is 4.41. The molecule has 0 spiro atoms. The smallest absolute Gasteiger partial charge is 0.339 e. The van der Waals surface area contributed by atoms with Crippen LogP contribution < -0.4 is 0 Å². The molecule has 0 amide bonds. The van der Waals surface area contributed by atoms with Crippen LogP contribution in [0.1, 0.15) is 20.7 Å². The van der Waals surface area contributed by atoms with Gasteiger partial charge in [0.15, 0.2) is 0 Å². The first-order chi connectivity index (χ1) is 14.2. The van der Waals surface area contributed by atoms with E-state index in [1.165, 1.54) is 36.4 Å². The average Bonchev–Trinajstić information content (AvgIpc) is 2.69. The van der Waals surface area contributed by atoms with Crippen molar-refractivity contribution < 1.29 is 40.2 Å². The van der Waals surface area contributed by atoms with Crippen molar-refractivity contribution in [2.45, 2.75) is 0 Å². The minimum atomic E-state index is -1.20. The maximum Gasteiger partial charge on any atom is 0.339 e. The Labute approximate surface area is 169 Å². The van der Waals surface area contributed by atoms with Gasteiger partial charge >= 0.3 is 11.9 Å². The van der Waals surface area contributed by atoms with Crippen molar-refractivity contribution in [2.75, 3.05) is 0 Å². The number of hydrogen-bond donors (Lipinski definition) is 6. The monoisotopic (exact) mass is 408 g/mol. The van der Waals surface area contributed by atoms with E-state index in [9.17, 15) is 30.0 Å². The van der Waals surface area contributed by atoms with Gasteiger partial charge in [0, 0.05) is 10.8 Å². The van der Waals surface area contributed by atoms with E-state index < -0.39 is 11.9 Å². The Hall–Kier alpha value is -4.46. The molecule has 0 aromatic heterocycles. The molecule has 0 fully saturated rings. The molecule has 0 bridgehead atoms. The fourth-order valence-electron chi connectivity index (χ4n) is 2.94. The fourth-order valence-corrected chi connectivity index (χ4v) is 2.94. The molecule has 0 saturated carbocycles. The summed E-state index contributed by atoms with van der Waals surface area (Å²) < 4.78 is 0. The van der Waals surface area contributed by atoms with Crippen molar-refractivity contribution in [1.29, 1.82) is 0 Å². The average molecular weight is 408 g/mol. The van der Waals surface area contributed by atoms with Crippen LogP contribution in [0.25, 0.3) is 21.5 Å². The van der Waals surface area contributed by atoms with Gasteiger partial charge in [-0.25, -0.2) is 9.59 Å². The Morgan fingerprint density at radius 1 is 0.533 bits per heavy atom. The highest BCUT2D eigenvalue weighted by atomic mass is 16.4. The number of hydrogen-bond acceptors (Lipinski definition) is 6. The summed E-state index contributed by atoms with van der Waals surface area (Å²) in [6.45, 7) is 0. The molecule has 0 unspecified atom stereocenters. The number of carboxylic acids is 2. The Morgan fingerprint density at radius 2 is 0.900 bits per heavy atom. The fraction of sp³-hybridized carbons (Fsp3) is 0. The van der Waals surface area contributed by atoms with Gasteiger partial charge in [-0.3, -0.25) is 0 Å². The maximum atomic E-state index is 10.7. The van der Waals surface area contributed by atoms with Crippen LogP contribution in [-0.2, 0) is 0 Å². The molecule has 0 aliphatic rings. The Kier molecular flexibility index (Phi) is 5.33. The van der Waals surface area contributed by atoms with E-state index >= 15 is 0 Å². The normalized spacial score (nSPS) is 10.4. The summed E-state index contributed by atoms with van der Waals surface area (Å²) in [7, 11) is 0. The minimum Gasteiger partial charge on any atom is -0.507 e. The predicted octanol–water partition coefficient (Wildman–Crippen LogP) is 3.90. The molecule has 0 aliphatic carbocycles. The molecule has 6 N–H and O–H groups in total. The van der Waals surface area contributed by atoms with Gasteiger partial charge in [0.05, 0.1) is 0 Å². The van der Waals surface area contributed by atoms with Gasteiger partial charge in [-0.15, -0.1) is 0 Å². The molecule has 0 saturated heterocycles. The van der Waals surface area contributed by atoms with Crippen LogP contribution in [-0.4, -0.2) is 42.6 Å². The van der Waals surface area contributed by atoms with Crippen molar-refractivity contribution in [3.8, 4) is 23.0 Å². The molecular weight excluding hydrogens is 392 g/mol. The van der Waals surface area contributed by atoms with Crippen LogP contribution in [0.4, 0.5) is 0 Å². The minimum absolute atomic E-state index is 0.0136. The number of aromatic hydroxyl groups is 4. The molecule has 152 valence electrons. The molecule has 4 aromatic rings. The first-order valence-corrected chi connectivity index (χ1v) is 8.55. The largest absolute Gasteiger partial charge is 0.507 e. The van der Waals surface area contributed by atoms with Crippen molar-refractivity contribution >= 4 is 33.5 Å². The van der Waals surface area contributed by atoms with E-state index in [0.29, 0.717) is 21.5 Å². The summed E-state index contributed by atoms with van der Waals surface area (Å²) in [5.41, 5.74) is -0.346. The Morgan fingerprint density at radius 3 is 1.23 bits per heavy atom. The van der Waals surface area contributed by atoms with Gasteiger partial charge in [-0.2, -0.15) is 0 Å². The lowest BCUT2D eigenvalue weighted by Gasteiger charge is -2.04. The van der Waals surface area contributed by atoms with Gasteiger partial charge in [0.25, 0.3) is 0 Å². The zero-order chi connectivity index (χ0) is 22.0. The molecule has 4 aromatic carbocycles. The van der Waals surface area contributed by atoms with Gasteiger partial charge in [-0.05, 0) is 47.2 Å². The van der Waals surface area contributed by atoms with Gasteiger partial charge in [0.2, 0.25) is 0 Å². The summed E-state index contributed by atoms with van der Waals surface area (Å²) in [6.07, 6.45) is 0. The van der Waals surface area contributed by atoms with Gasteiger partial charge < -0.3 is 30.6 Å². The zero-order valence-corrected chi connectivity index (χ0v) is 15.3. The number of phenols is 4. The molecule has 0 atom stereocenters. The SMILES string of the molecule is O=C(O)c1cc2cccc(O)c2cc1O.O=C(O)c1cc2cccc(O)c2cc1O. The molecule has 8 heteroatoms. The summed E-state index contributed by atoms with van der Waals surface area (Å²) >= 11 is 0. The van der Waals surface area contributed by atoms with E-state index in [-0.39, 0.29) is 34.1 Å². The van der Waals surface area contributed by atoms with Crippen molar-refractivity contribution in [3.63, 3.8) is 0 Å². The Balaban J connectivity index is 0.000000171. The van der Waals surface area contributed by atoms with Gasteiger partial charge in [-0.1, -0.05) is 24.3 Å². The third-order valence-electron chi connectivity index (χ3n) is 4.41. The summed E-state index contributed by atoms with van der Waals surface area (Å²) in [5, 5.41) is 57.3. The van der Waals surface area contributed by atoms with Crippen LogP contribution in [0, 0.1) is 0 Å². The van der Waals surface area contributed by atoms with Crippen LogP contribution in [0.3, 0.4) is 0 Å². The lowest BCUT2D eigenvalue weighted by Crippen LogP contribution is -1.96. The molecule has 0 heterocycles. The lowest BCUT2D eigenvalue weighted by atomic mass is 10.1. The van der Waals surface area contributed by atoms with E-state index in [2.05, 4.69) is 0 Å². The van der Waals surface area contributed by atoms with E-state index in [1.54, 1.807) is 24.3 Å². The third kappa shape index (κ3) is 3.88. The van der Waals surface area contributed by atoms with Crippen LogP contribution in [0.2, 0.25) is 0 Å². The number of carboxylic acid groups (broad SMARTS) is 2. The van der Waals surface area contributed by atoms with Crippen LogP contribution in [0.5, 0.6) is 23.0 Å². The second-order valence-electron chi connectivity index (χ2n) is 6.35. The number of rotatable bonds is 2. The second-order valence-corrected chi connectivity index (χ2v) is 6.35.